The highest BCUT2D eigenvalue weighted by Crippen LogP contribution is 2.47. The van der Waals surface area contributed by atoms with Gasteiger partial charge < -0.3 is 18.7 Å². The molecule has 2 heterocycles. The highest BCUT2D eigenvalue weighted by atomic mass is 28.4. The second-order valence-corrected chi connectivity index (χ2v) is 23.0. The molecule has 0 spiro atoms. The smallest absolute Gasteiger partial charge is 0.330 e. The van der Waals surface area contributed by atoms with Gasteiger partial charge in [0.15, 0.2) is 20.7 Å². The first kappa shape index (κ1) is 33.2. The van der Waals surface area contributed by atoms with Crippen LogP contribution in [0.25, 0.3) is 0 Å². The average Bonchev–Trinajstić information content (AvgIpc) is 3.20. The fourth-order valence-electron chi connectivity index (χ4n) is 5.60. The number of alkyl halides is 1. The molecule has 2 aromatic carbocycles. The van der Waals surface area contributed by atoms with Crippen molar-refractivity contribution in [3.63, 3.8) is 0 Å². The van der Waals surface area contributed by atoms with Crippen LogP contribution in [0.2, 0.25) is 23.2 Å². The summed E-state index contributed by atoms with van der Waals surface area (Å²) in [4.78, 5) is 26.7. The van der Waals surface area contributed by atoms with Crippen LogP contribution in [-0.2, 0) is 13.6 Å². The van der Waals surface area contributed by atoms with E-state index in [1.807, 2.05) is 70.3 Å². The number of H-pyrrole nitrogens is 1. The van der Waals surface area contributed by atoms with Crippen LogP contribution in [0, 0.1) is 0 Å². The van der Waals surface area contributed by atoms with Gasteiger partial charge in [0.05, 0.1) is 13.2 Å². The van der Waals surface area contributed by atoms with Gasteiger partial charge in [-0.25, -0.2) is 9.18 Å². The maximum Gasteiger partial charge on any atom is 0.330 e. The molecular formula is C32H45FN2O6Si2. The quantitative estimate of drug-likeness (QED) is 0.346. The number of aromatic amines is 1. The summed E-state index contributed by atoms with van der Waals surface area (Å²) >= 11 is 0. The maximum absolute atomic E-state index is 16.7. The SMILES string of the molecule is CC(C)(C)[Si](C)(C)O[C@H]1[C@@H](F)[C@H](n2ccc(=O)[nH]c2=O)O[C@]1(CO)CO[Si](c1ccccc1)(c1ccccc1)C(C)(C)C. The molecule has 1 saturated heterocycles. The molecule has 8 nitrogen and oxygen atoms in total. The molecule has 0 saturated carbocycles. The summed E-state index contributed by atoms with van der Waals surface area (Å²) in [7, 11) is -5.75. The first-order chi connectivity index (χ1) is 20.0. The standard InChI is InChI=1S/C32H45FN2O6Si2/c1-30(2,3)42(7,8)41-27-26(33)28(35-20-19-25(37)34-29(35)38)40-32(27,21-36)22-39-43(31(4,5)6,23-15-11-9-12-16-23)24-17-13-10-14-18-24/h9-20,26-28,36H,21-22H2,1-8H3,(H,34,37,38)/t26-,27+,28-,32-/m1/s1. The van der Waals surface area contributed by atoms with E-state index in [1.165, 1.54) is 6.20 Å². The fraction of sp³-hybridized carbons (Fsp3) is 0.500. The van der Waals surface area contributed by atoms with Gasteiger partial charge in [-0.2, -0.15) is 0 Å². The fourth-order valence-corrected chi connectivity index (χ4v) is 11.5. The number of nitrogens with one attached hydrogen (secondary N) is 1. The Kier molecular flexibility index (Phi) is 9.28. The lowest BCUT2D eigenvalue weighted by molar-refractivity contribution is -0.145. The minimum Gasteiger partial charge on any atom is -0.408 e. The second-order valence-electron chi connectivity index (χ2n) is 13.9. The summed E-state index contributed by atoms with van der Waals surface area (Å²) in [6, 6.07) is 21.1. The van der Waals surface area contributed by atoms with Gasteiger partial charge in [0.25, 0.3) is 13.9 Å². The molecule has 2 N–H and O–H groups in total. The molecule has 4 atom stereocenters. The number of hydrogen-bond acceptors (Lipinski definition) is 6. The van der Waals surface area contributed by atoms with Gasteiger partial charge in [-0.15, -0.1) is 0 Å². The average molecular weight is 629 g/mol. The van der Waals surface area contributed by atoms with Crippen molar-refractivity contribution in [1.82, 2.24) is 9.55 Å². The van der Waals surface area contributed by atoms with Crippen LogP contribution < -0.4 is 21.6 Å². The summed E-state index contributed by atoms with van der Waals surface area (Å²) in [5.41, 5.74) is -3.07. The number of rotatable bonds is 9. The second kappa shape index (κ2) is 12.0. The number of hydrogen-bond donors (Lipinski definition) is 2. The topological polar surface area (TPSA) is 103 Å². The van der Waals surface area contributed by atoms with Crippen LogP contribution in [0.3, 0.4) is 0 Å². The van der Waals surface area contributed by atoms with Gasteiger partial charge in [0, 0.05) is 12.3 Å². The molecular weight excluding hydrogens is 584 g/mol. The lowest BCUT2D eigenvalue weighted by Gasteiger charge is -2.46. The minimum absolute atomic E-state index is 0.189. The first-order valence-electron chi connectivity index (χ1n) is 14.7. The molecule has 11 heteroatoms. The van der Waals surface area contributed by atoms with Crippen LogP contribution in [-0.4, -0.2) is 62.4 Å². The zero-order valence-electron chi connectivity index (χ0n) is 26.4. The molecule has 234 valence electrons. The molecule has 1 aliphatic rings. The van der Waals surface area contributed by atoms with Crippen molar-refractivity contribution in [3.8, 4) is 0 Å². The van der Waals surface area contributed by atoms with E-state index < -0.39 is 58.6 Å². The first-order valence-corrected chi connectivity index (χ1v) is 19.5. The lowest BCUT2D eigenvalue weighted by Crippen LogP contribution is -2.68. The number of halogens is 1. The normalized spacial score (nSPS) is 23.4. The van der Waals surface area contributed by atoms with Crippen LogP contribution >= 0.6 is 0 Å². The van der Waals surface area contributed by atoms with Gasteiger partial charge in [0.1, 0.15) is 11.7 Å². The largest absolute Gasteiger partial charge is 0.408 e. The van der Waals surface area contributed by atoms with Crippen LogP contribution in [0.4, 0.5) is 4.39 Å². The molecule has 0 radical (unpaired) electrons. The third-order valence-corrected chi connectivity index (χ3v) is 18.4. The summed E-state index contributed by atoms with van der Waals surface area (Å²) in [5.74, 6) is 0. The molecule has 0 unspecified atom stereocenters. The summed E-state index contributed by atoms with van der Waals surface area (Å²) in [6.07, 6.45) is -3.33. The number of ether oxygens (including phenoxy) is 1. The van der Waals surface area contributed by atoms with E-state index in [0.29, 0.717) is 0 Å². The number of nitrogens with zero attached hydrogens (tertiary/aromatic N) is 1. The summed E-state index contributed by atoms with van der Waals surface area (Å²) in [6.45, 7) is 15.7. The number of benzene rings is 2. The lowest BCUT2D eigenvalue weighted by atomic mass is 9.98. The molecule has 1 aliphatic heterocycles. The van der Waals surface area contributed by atoms with Gasteiger partial charge in [0.2, 0.25) is 0 Å². The Morgan fingerprint density at radius 2 is 1.47 bits per heavy atom. The Morgan fingerprint density at radius 3 is 1.91 bits per heavy atom. The Balaban J connectivity index is 1.87. The molecule has 3 aromatic rings. The van der Waals surface area contributed by atoms with Crippen molar-refractivity contribution in [2.24, 2.45) is 0 Å². The number of aliphatic hydroxyl groups excluding tert-OH is 1. The van der Waals surface area contributed by atoms with Crippen LogP contribution in [0.5, 0.6) is 0 Å². The van der Waals surface area contributed by atoms with E-state index in [-0.39, 0.29) is 16.7 Å². The Bertz CT molecular complexity index is 1460. The zero-order chi connectivity index (χ0) is 31.8. The highest BCUT2D eigenvalue weighted by molar-refractivity contribution is 6.99. The predicted octanol–water partition coefficient (Wildman–Crippen LogP) is 4.10. The van der Waals surface area contributed by atoms with Crippen molar-refractivity contribution in [1.29, 1.82) is 0 Å². The van der Waals surface area contributed by atoms with Crippen molar-refractivity contribution in [2.45, 2.75) is 88.8 Å². The summed E-state index contributed by atoms with van der Waals surface area (Å²) in [5, 5.41) is 12.4. The van der Waals surface area contributed by atoms with Gasteiger partial charge >= 0.3 is 5.69 Å². The summed E-state index contributed by atoms with van der Waals surface area (Å²) < 4.78 is 37.9. The van der Waals surface area contributed by atoms with Gasteiger partial charge in [-0.05, 0) is 33.5 Å². The van der Waals surface area contributed by atoms with E-state index in [0.717, 1.165) is 21.0 Å². The Labute approximate surface area is 255 Å². The van der Waals surface area contributed by atoms with E-state index in [9.17, 15) is 14.7 Å². The Morgan fingerprint density at radius 1 is 0.930 bits per heavy atom. The monoisotopic (exact) mass is 628 g/mol. The maximum atomic E-state index is 16.7. The third kappa shape index (κ3) is 6.16. The minimum atomic E-state index is -3.12. The van der Waals surface area contributed by atoms with E-state index in [4.69, 9.17) is 13.6 Å². The molecule has 4 rings (SSSR count). The molecule has 1 aromatic heterocycles. The zero-order valence-corrected chi connectivity index (χ0v) is 28.4. The predicted molar refractivity (Wildman–Crippen MR) is 172 cm³/mol. The third-order valence-electron chi connectivity index (χ3n) is 9.01. The van der Waals surface area contributed by atoms with Crippen molar-refractivity contribution >= 4 is 27.0 Å². The van der Waals surface area contributed by atoms with E-state index >= 15 is 4.39 Å². The van der Waals surface area contributed by atoms with E-state index in [1.54, 1.807) is 0 Å². The number of aliphatic hydroxyl groups is 1. The van der Waals surface area contributed by atoms with E-state index in [2.05, 4.69) is 50.0 Å². The van der Waals surface area contributed by atoms with Gasteiger partial charge in [-0.3, -0.25) is 14.3 Å². The van der Waals surface area contributed by atoms with Crippen LogP contribution in [0.15, 0.2) is 82.5 Å². The molecule has 0 amide bonds. The van der Waals surface area contributed by atoms with Crippen molar-refractivity contribution in [3.05, 3.63) is 93.8 Å². The van der Waals surface area contributed by atoms with Crippen molar-refractivity contribution in [2.75, 3.05) is 13.2 Å². The van der Waals surface area contributed by atoms with Crippen molar-refractivity contribution < 1.29 is 23.1 Å². The Hall–Kier alpha value is -2.68. The molecule has 43 heavy (non-hydrogen) atoms. The molecule has 0 aliphatic carbocycles. The molecule has 1 fully saturated rings. The number of aromatic nitrogens is 2. The highest BCUT2D eigenvalue weighted by Gasteiger charge is 2.61. The van der Waals surface area contributed by atoms with Gasteiger partial charge in [-0.1, -0.05) is 102 Å². The molecule has 0 bridgehead atoms. The van der Waals surface area contributed by atoms with Crippen LogP contribution in [0.1, 0.15) is 47.8 Å².